The zero-order chi connectivity index (χ0) is 22.4. The molecule has 0 saturated heterocycles. The zero-order valence-electron chi connectivity index (χ0n) is 17.0. The summed E-state index contributed by atoms with van der Waals surface area (Å²) in [7, 11) is -2.33. The number of carbonyl (C=O) groups is 1. The molecule has 1 heterocycles. The van der Waals surface area contributed by atoms with Crippen LogP contribution in [-0.4, -0.2) is 64.0 Å². The smallest absolute Gasteiger partial charge is 0.354 e. The van der Waals surface area contributed by atoms with E-state index < -0.39 is 28.8 Å². The second-order valence-corrected chi connectivity index (χ2v) is 8.89. The fourth-order valence-electron chi connectivity index (χ4n) is 3.10. The van der Waals surface area contributed by atoms with E-state index in [2.05, 4.69) is 15.0 Å². The normalized spacial score (nSPS) is 17.6. The van der Waals surface area contributed by atoms with E-state index in [1.54, 1.807) is 18.2 Å². The van der Waals surface area contributed by atoms with Gasteiger partial charge in [0.05, 0.1) is 11.4 Å². The van der Waals surface area contributed by atoms with Crippen LogP contribution in [-0.2, 0) is 14.8 Å². The summed E-state index contributed by atoms with van der Waals surface area (Å²) in [6.07, 6.45) is -1.92. The zero-order valence-corrected chi connectivity index (χ0v) is 17.8. The maximum Gasteiger partial charge on any atom is 0.401 e. The Hall–Kier alpha value is -2.14. The third kappa shape index (κ3) is 6.98. The number of carbonyl (C=O) groups excluding carboxylic acids is 1. The molecule has 7 nitrogen and oxygen atoms in total. The highest BCUT2D eigenvalue weighted by atomic mass is 32.2. The standard InChI is InChI=1S/C19H27F3N4O3S/c1-3-4-9-15(18(27)23-11-7-12-26(2)13-19(20,21)22)24-17-14-8-5-6-10-16(14)30(28,29)25-17/h5-6,8,10,15H,3-4,7,9,11-13H2,1-2H3,(H,23,27)(H,24,25). The molecule has 1 aromatic carbocycles. The predicted octanol–water partition coefficient (Wildman–Crippen LogP) is 2.28. The summed E-state index contributed by atoms with van der Waals surface area (Å²) in [5.74, 6) is -0.246. The molecule has 1 amide bonds. The summed E-state index contributed by atoms with van der Waals surface area (Å²) in [5, 5.41) is 2.70. The van der Waals surface area contributed by atoms with Crippen molar-refractivity contribution < 1.29 is 26.4 Å². The Kier molecular flexibility index (Phi) is 8.25. The first-order valence-electron chi connectivity index (χ1n) is 9.76. The van der Waals surface area contributed by atoms with Crippen LogP contribution in [0, 0.1) is 0 Å². The topological polar surface area (TPSA) is 90.9 Å². The monoisotopic (exact) mass is 448 g/mol. The summed E-state index contributed by atoms with van der Waals surface area (Å²) in [6.45, 7) is 1.34. The number of aliphatic imine (C=N–C) groups is 1. The first-order valence-corrected chi connectivity index (χ1v) is 11.2. The molecule has 0 fully saturated rings. The van der Waals surface area contributed by atoms with Crippen LogP contribution >= 0.6 is 0 Å². The Balaban J connectivity index is 2.01. The highest BCUT2D eigenvalue weighted by molar-refractivity contribution is 7.90. The lowest BCUT2D eigenvalue weighted by Gasteiger charge is -2.19. The summed E-state index contributed by atoms with van der Waals surface area (Å²) in [4.78, 5) is 18.2. The third-order valence-corrected chi connectivity index (χ3v) is 5.94. The SMILES string of the molecule is CCCCC(N=C1NS(=O)(=O)c2ccccc21)C(=O)NCCCN(C)CC(F)(F)F. The minimum absolute atomic E-state index is 0.117. The molecule has 30 heavy (non-hydrogen) atoms. The van der Waals surface area contributed by atoms with E-state index in [4.69, 9.17) is 0 Å². The van der Waals surface area contributed by atoms with Crippen LogP contribution in [0.1, 0.15) is 38.2 Å². The number of amidine groups is 1. The van der Waals surface area contributed by atoms with E-state index in [0.29, 0.717) is 18.4 Å². The van der Waals surface area contributed by atoms with Crippen LogP contribution in [0.25, 0.3) is 0 Å². The number of fused-ring (bicyclic) bond motifs is 1. The fraction of sp³-hybridized carbons (Fsp3) is 0.579. The van der Waals surface area contributed by atoms with E-state index in [9.17, 15) is 26.4 Å². The van der Waals surface area contributed by atoms with Gasteiger partial charge in [-0.05, 0) is 38.6 Å². The van der Waals surface area contributed by atoms with Crippen LogP contribution < -0.4 is 10.0 Å². The average molecular weight is 449 g/mol. The maximum absolute atomic E-state index is 12.6. The van der Waals surface area contributed by atoms with Crippen molar-refractivity contribution in [3.63, 3.8) is 0 Å². The average Bonchev–Trinajstić information content (AvgIpc) is 2.91. The molecule has 0 spiro atoms. The molecule has 1 aromatic rings. The lowest BCUT2D eigenvalue weighted by atomic mass is 10.1. The van der Waals surface area contributed by atoms with Gasteiger partial charge in [-0.3, -0.25) is 19.4 Å². The molecule has 2 N–H and O–H groups in total. The highest BCUT2D eigenvalue weighted by Crippen LogP contribution is 2.23. The molecular formula is C19H27F3N4O3S. The van der Waals surface area contributed by atoms with Gasteiger partial charge in [-0.1, -0.05) is 31.9 Å². The van der Waals surface area contributed by atoms with E-state index in [0.717, 1.165) is 17.7 Å². The predicted molar refractivity (Wildman–Crippen MR) is 108 cm³/mol. The molecule has 11 heteroatoms. The second-order valence-electron chi connectivity index (χ2n) is 7.23. The summed E-state index contributed by atoms with van der Waals surface area (Å²) in [5.41, 5.74) is 0.417. The molecule has 1 aliphatic rings. The number of unbranched alkanes of at least 4 members (excludes halogenated alkanes) is 1. The second kappa shape index (κ2) is 10.3. The number of nitrogens with one attached hydrogen (secondary N) is 2. The molecule has 1 atom stereocenters. The largest absolute Gasteiger partial charge is 0.401 e. The number of rotatable bonds is 10. The summed E-state index contributed by atoms with van der Waals surface area (Å²) >= 11 is 0. The maximum atomic E-state index is 12.6. The van der Waals surface area contributed by atoms with Gasteiger partial charge in [0, 0.05) is 12.1 Å². The van der Waals surface area contributed by atoms with Gasteiger partial charge in [-0.25, -0.2) is 8.42 Å². The Morgan fingerprint density at radius 2 is 1.97 bits per heavy atom. The minimum atomic E-state index is -4.26. The minimum Gasteiger partial charge on any atom is -0.354 e. The van der Waals surface area contributed by atoms with Gasteiger partial charge < -0.3 is 5.32 Å². The van der Waals surface area contributed by atoms with Gasteiger partial charge in [-0.15, -0.1) is 0 Å². The van der Waals surface area contributed by atoms with Crippen molar-refractivity contribution in [1.29, 1.82) is 0 Å². The lowest BCUT2D eigenvalue weighted by Crippen LogP contribution is -2.38. The van der Waals surface area contributed by atoms with Gasteiger partial charge in [0.2, 0.25) is 5.91 Å². The van der Waals surface area contributed by atoms with Gasteiger partial charge in [-0.2, -0.15) is 13.2 Å². The van der Waals surface area contributed by atoms with E-state index in [1.807, 2.05) is 6.92 Å². The van der Waals surface area contributed by atoms with Crippen molar-refractivity contribution in [3.8, 4) is 0 Å². The van der Waals surface area contributed by atoms with Crippen LogP contribution in [0.3, 0.4) is 0 Å². The quantitative estimate of drug-likeness (QED) is 0.538. The van der Waals surface area contributed by atoms with E-state index in [-0.39, 0.29) is 29.7 Å². The van der Waals surface area contributed by atoms with E-state index in [1.165, 1.54) is 13.1 Å². The Labute approximate surface area is 174 Å². The molecule has 168 valence electrons. The van der Waals surface area contributed by atoms with Gasteiger partial charge in [0.15, 0.2) is 0 Å². The molecule has 1 aliphatic heterocycles. The molecule has 0 bridgehead atoms. The van der Waals surface area contributed by atoms with Crippen molar-refractivity contribution in [3.05, 3.63) is 29.8 Å². The molecule has 0 radical (unpaired) electrons. The van der Waals surface area contributed by atoms with Crippen LogP contribution in [0.5, 0.6) is 0 Å². The molecule has 0 saturated carbocycles. The third-order valence-electron chi connectivity index (χ3n) is 4.55. The first-order chi connectivity index (χ1) is 14.0. The number of benzene rings is 1. The lowest BCUT2D eigenvalue weighted by molar-refractivity contribution is -0.143. The van der Waals surface area contributed by atoms with Crippen molar-refractivity contribution in [1.82, 2.24) is 14.9 Å². The number of hydrogen-bond acceptors (Lipinski definition) is 5. The molecule has 0 aliphatic carbocycles. The number of sulfonamides is 1. The number of halogens is 3. The Morgan fingerprint density at radius 1 is 1.27 bits per heavy atom. The van der Waals surface area contributed by atoms with Crippen molar-refractivity contribution in [2.75, 3.05) is 26.7 Å². The number of hydrogen-bond donors (Lipinski definition) is 2. The molecule has 0 aromatic heterocycles. The Bertz CT molecular complexity index is 872. The van der Waals surface area contributed by atoms with Gasteiger partial charge in [0.25, 0.3) is 10.0 Å². The van der Waals surface area contributed by atoms with Gasteiger partial charge in [0.1, 0.15) is 11.9 Å². The van der Waals surface area contributed by atoms with Crippen LogP contribution in [0.2, 0.25) is 0 Å². The summed E-state index contributed by atoms with van der Waals surface area (Å²) < 4.78 is 63.9. The fourth-order valence-corrected chi connectivity index (χ4v) is 4.34. The molecule has 1 unspecified atom stereocenters. The van der Waals surface area contributed by atoms with Gasteiger partial charge >= 0.3 is 6.18 Å². The van der Waals surface area contributed by atoms with Crippen LogP contribution in [0.4, 0.5) is 13.2 Å². The number of alkyl halides is 3. The molecule has 2 rings (SSSR count). The van der Waals surface area contributed by atoms with Crippen molar-refractivity contribution in [2.24, 2.45) is 4.99 Å². The van der Waals surface area contributed by atoms with Crippen molar-refractivity contribution in [2.45, 2.75) is 49.7 Å². The number of amides is 1. The van der Waals surface area contributed by atoms with E-state index >= 15 is 0 Å². The highest BCUT2D eigenvalue weighted by Gasteiger charge is 2.32. The van der Waals surface area contributed by atoms with Crippen molar-refractivity contribution >= 4 is 21.8 Å². The summed E-state index contributed by atoms with van der Waals surface area (Å²) in [6, 6.07) is 5.60. The number of nitrogens with zero attached hydrogens (tertiary/aromatic N) is 2. The van der Waals surface area contributed by atoms with Crippen LogP contribution in [0.15, 0.2) is 34.2 Å². The Morgan fingerprint density at radius 3 is 2.63 bits per heavy atom. The molecular weight excluding hydrogens is 421 g/mol. The first kappa shape index (κ1) is 24.1.